The van der Waals surface area contributed by atoms with Gasteiger partial charge in [-0.3, -0.25) is 4.79 Å². The lowest BCUT2D eigenvalue weighted by atomic mass is 10.1. The number of rotatable bonds is 5. The highest BCUT2D eigenvalue weighted by atomic mass is 16.5. The van der Waals surface area contributed by atoms with Gasteiger partial charge in [0.25, 0.3) is 5.56 Å². The summed E-state index contributed by atoms with van der Waals surface area (Å²) in [6.07, 6.45) is 3.29. The highest BCUT2D eigenvalue weighted by Gasteiger charge is 2.11. The summed E-state index contributed by atoms with van der Waals surface area (Å²) < 4.78 is 6.92. The maximum absolute atomic E-state index is 12.1. The second-order valence-electron chi connectivity index (χ2n) is 4.79. The number of ether oxygens (including phenoxy) is 1. The average Bonchev–Trinajstić information content (AvgIpc) is 2.47. The number of hydrogen-bond acceptors (Lipinski definition) is 5. The van der Waals surface area contributed by atoms with Gasteiger partial charge in [0.2, 0.25) is 5.88 Å². The quantitative estimate of drug-likeness (QED) is 0.910. The van der Waals surface area contributed by atoms with E-state index in [2.05, 4.69) is 15.3 Å². The number of aryl methyl sites for hydroxylation is 3. The Morgan fingerprint density at radius 2 is 2.14 bits per heavy atom. The van der Waals surface area contributed by atoms with E-state index in [1.807, 2.05) is 26.8 Å². The summed E-state index contributed by atoms with van der Waals surface area (Å²) in [5.74, 6) is 0.910. The lowest BCUT2D eigenvalue weighted by Gasteiger charge is -2.13. The van der Waals surface area contributed by atoms with Crippen LogP contribution < -0.4 is 15.6 Å². The van der Waals surface area contributed by atoms with Crippen LogP contribution in [0.2, 0.25) is 0 Å². The monoisotopic (exact) mass is 288 g/mol. The molecule has 0 bridgehead atoms. The first-order valence-corrected chi connectivity index (χ1v) is 6.87. The zero-order chi connectivity index (χ0) is 15.4. The van der Waals surface area contributed by atoms with E-state index in [-0.39, 0.29) is 5.56 Å². The van der Waals surface area contributed by atoms with Crippen LogP contribution >= 0.6 is 0 Å². The zero-order valence-electron chi connectivity index (χ0n) is 12.8. The van der Waals surface area contributed by atoms with Crippen LogP contribution in [0.15, 0.2) is 23.3 Å². The van der Waals surface area contributed by atoms with E-state index in [9.17, 15) is 4.79 Å². The molecule has 6 nitrogen and oxygen atoms in total. The molecule has 2 aromatic rings. The summed E-state index contributed by atoms with van der Waals surface area (Å²) in [5.41, 5.74) is 2.77. The minimum absolute atomic E-state index is 0.128. The number of hydrogen-bond donors (Lipinski definition) is 1. The highest BCUT2D eigenvalue weighted by Crippen LogP contribution is 2.21. The Hall–Kier alpha value is -2.37. The number of nitrogens with one attached hydrogen (secondary N) is 1. The van der Waals surface area contributed by atoms with Crippen molar-refractivity contribution in [3.05, 3.63) is 45.6 Å². The van der Waals surface area contributed by atoms with Gasteiger partial charge in [-0.25, -0.2) is 9.97 Å². The van der Waals surface area contributed by atoms with E-state index >= 15 is 0 Å². The summed E-state index contributed by atoms with van der Waals surface area (Å²) in [5, 5.41) is 3.07. The average molecular weight is 288 g/mol. The molecule has 0 aliphatic rings. The number of aromatic nitrogens is 3. The van der Waals surface area contributed by atoms with Crippen molar-refractivity contribution in [2.24, 2.45) is 0 Å². The van der Waals surface area contributed by atoms with Gasteiger partial charge in [0.15, 0.2) is 5.82 Å². The molecule has 0 spiro atoms. The van der Waals surface area contributed by atoms with Crippen LogP contribution in [0, 0.1) is 13.8 Å². The third-order valence-electron chi connectivity index (χ3n) is 3.32. The van der Waals surface area contributed by atoms with Gasteiger partial charge < -0.3 is 14.6 Å². The molecule has 0 unspecified atom stereocenters. The van der Waals surface area contributed by atoms with E-state index in [4.69, 9.17) is 4.74 Å². The second kappa shape index (κ2) is 6.39. The molecule has 0 aliphatic heterocycles. The molecule has 0 radical (unpaired) electrons. The predicted octanol–water partition coefficient (Wildman–Crippen LogP) is 1.90. The molecule has 21 heavy (non-hydrogen) atoms. The fourth-order valence-electron chi connectivity index (χ4n) is 2.20. The fraction of sp³-hybridized carbons (Fsp3) is 0.400. The Bertz CT molecular complexity index is 695. The van der Waals surface area contributed by atoms with Crippen LogP contribution in [-0.4, -0.2) is 21.6 Å². The van der Waals surface area contributed by atoms with Crippen molar-refractivity contribution < 1.29 is 4.74 Å². The van der Waals surface area contributed by atoms with Gasteiger partial charge in [-0.1, -0.05) is 0 Å². The van der Waals surface area contributed by atoms with E-state index in [1.54, 1.807) is 24.1 Å². The van der Waals surface area contributed by atoms with Crippen molar-refractivity contribution in [3.63, 3.8) is 0 Å². The molecule has 0 aromatic carbocycles. The first-order valence-electron chi connectivity index (χ1n) is 6.87. The maximum Gasteiger partial charge on any atom is 0.293 e. The van der Waals surface area contributed by atoms with E-state index in [0.717, 1.165) is 16.8 Å². The highest BCUT2D eigenvalue weighted by molar-refractivity contribution is 5.40. The number of methoxy groups -OCH3 is 1. The Labute approximate surface area is 123 Å². The first-order chi connectivity index (χ1) is 10.1. The Morgan fingerprint density at radius 1 is 1.38 bits per heavy atom. The number of pyridine rings is 1. The molecule has 0 aliphatic carbocycles. The van der Waals surface area contributed by atoms with Crippen molar-refractivity contribution in [2.75, 3.05) is 12.4 Å². The van der Waals surface area contributed by atoms with E-state index in [1.165, 1.54) is 0 Å². The summed E-state index contributed by atoms with van der Waals surface area (Å²) >= 11 is 0. The first kappa shape index (κ1) is 15.0. The zero-order valence-corrected chi connectivity index (χ0v) is 12.8. The van der Waals surface area contributed by atoms with Crippen LogP contribution in [0.25, 0.3) is 0 Å². The van der Waals surface area contributed by atoms with Crippen molar-refractivity contribution in [1.82, 2.24) is 14.5 Å². The molecule has 1 N–H and O–H groups in total. The van der Waals surface area contributed by atoms with Crippen LogP contribution in [-0.2, 0) is 13.1 Å². The van der Waals surface area contributed by atoms with Crippen LogP contribution in [0.1, 0.15) is 23.7 Å². The Morgan fingerprint density at radius 3 is 2.81 bits per heavy atom. The molecular formula is C15H20N4O2. The summed E-state index contributed by atoms with van der Waals surface area (Å²) in [6, 6.07) is 1.99. The third-order valence-corrected chi connectivity index (χ3v) is 3.32. The summed E-state index contributed by atoms with van der Waals surface area (Å²) in [4.78, 5) is 20.6. The van der Waals surface area contributed by atoms with Crippen molar-refractivity contribution >= 4 is 5.82 Å². The number of anilines is 1. The van der Waals surface area contributed by atoms with E-state index in [0.29, 0.717) is 24.8 Å². The summed E-state index contributed by atoms with van der Waals surface area (Å²) in [7, 11) is 1.59. The minimum atomic E-state index is -0.128. The minimum Gasteiger partial charge on any atom is -0.481 e. The van der Waals surface area contributed by atoms with Gasteiger partial charge in [0, 0.05) is 36.7 Å². The molecule has 2 aromatic heterocycles. The topological polar surface area (TPSA) is 69.0 Å². The molecule has 0 saturated heterocycles. The van der Waals surface area contributed by atoms with E-state index < -0.39 is 0 Å². The van der Waals surface area contributed by atoms with Gasteiger partial charge in [0.05, 0.1) is 7.11 Å². The van der Waals surface area contributed by atoms with Crippen LogP contribution in [0.4, 0.5) is 5.82 Å². The maximum atomic E-state index is 12.1. The number of nitrogens with zero attached hydrogens (tertiary/aromatic N) is 3. The standard InChI is InChI=1S/C15H20N4O2/c1-5-19-7-6-16-13(15(19)20)17-9-12-10(2)8-11(3)18-14(12)21-4/h6-8H,5,9H2,1-4H3,(H,16,17). The van der Waals surface area contributed by atoms with Gasteiger partial charge in [-0.05, 0) is 32.4 Å². The second-order valence-corrected chi connectivity index (χ2v) is 4.79. The third kappa shape index (κ3) is 3.21. The van der Waals surface area contributed by atoms with Crippen molar-refractivity contribution in [3.8, 4) is 5.88 Å². The molecule has 0 saturated carbocycles. The summed E-state index contributed by atoms with van der Waals surface area (Å²) in [6.45, 7) is 6.90. The van der Waals surface area contributed by atoms with Gasteiger partial charge >= 0.3 is 0 Å². The predicted molar refractivity (Wildman–Crippen MR) is 81.8 cm³/mol. The van der Waals surface area contributed by atoms with Crippen molar-refractivity contribution in [2.45, 2.75) is 33.9 Å². The molecule has 6 heteroatoms. The molecule has 0 atom stereocenters. The Balaban J connectivity index is 2.27. The Kier molecular flexibility index (Phi) is 4.57. The van der Waals surface area contributed by atoms with Gasteiger partial charge in [-0.2, -0.15) is 0 Å². The van der Waals surface area contributed by atoms with Gasteiger partial charge in [0.1, 0.15) is 0 Å². The van der Waals surface area contributed by atoms with Crippen LogP contribution in [0.5, 0.6) is 5.88 Å². The lowest BCUT2D eigenvalue weighted by Crippen LogP contribution is -2.23. The SMILES string of the molecule is CCn1ccnc(NCc2c(C)cc(C)nc2OC)c1=O. The molecule has 0 amide bonds. The largest absolute Gasteiger partial charge is 0.481 e. The fourth-order valence-corrected chi connectivity index (χ4v) is 2.20. The lowest BCUT2D eigenvalue weighted by molar-refractivity contribution is 0.391. The molecule has 0 fully saturated rings. The molecule has 112 valence electrons. The molecule has 2 heterocycles. The molecule has 2 rings (SSSR count). The van der Waals surface area contributed by atoms with Crippen LogP contribution in [0.3, 0.4) is 0 Å². The molecular weight excluding hydrogens is 268 g/mol. The normalized spacial score (nSPS) is 10.5. The van der Waals surface area contributed by atoms with Crippen molar-refractivity contribution in [1.29, 1.82) is 0 Å². The smallest absolute Gasteiger partial charge is 0.293 e. The van der Waals surface area contributed by atoms with Gasteiger partial charge in [-0.15, -0.1) is 0 Å².